The van der Waals surface area contributed by atoms with Crippen molar-refractivity contribution < 1.29 is 9.53 Å². The maximum atomic E-state index is 13.0. The number of fused-ring (bicyclic) bond motifs is 3. The summed E-state index contributed by atoms with van der Waals surface area (Å²) in [7, 11) is 3.00. The van der Waals surface area contributed by atoms with Crippen molar-refractivity contribution >= 4 is 11.9 Å². The molecule has 8 nitrogen and oxygen atoms in total. The van der Waals surface area contributed by atoms with Crippen LogP contribution in [0.25, 0.3) is 11.1 Å². The molecule has 3 N–H and O–H groups in total. The Kier molecular flexibility index (Phi) is 5.96. The number of aromatic nitrogens is 2. The second kappa shape index (κ2) is 9.09. The minimum Gasteiger partial charge on any atom is -0.449 e. The Morgan fingerprint density at radius 1 is 0.971 bits per heavy atom. The van der Waals surface area contributed by atoms with Gasteiger partial charge in [-0.25, -0.2) is 9.59 Å². The third-order valence-electron chi connectivity index (χ3n) is 7.53. The first-order valence-electron chi connectivity index (χ1n) is 12.1. The van der Waals surface area contributed by atoms with E-state index in [1.165, 1.54) is 22.7 Å². The molecule has 5 rings (SSSR count). The fourth-order valence-corrected chi connectivity index (χ4v) is 5.67. The van der Waals surface area contributed by atoms with Crippen molar-refractivity contribution in [3.63, 3.8) is 0 Å². The zero-order valence-electron chi connectivity index (χ0n) is 20.0. The molecule has 1 saturated carbocycles. The third-order valence-corrected chi connectivity index (χ3v) is 7.53. The number of benzene rings is 2. The summed E-state index contributed by atoms with van der Waals surface area (Å²) in [6.45, 7) is 0.223. The number of nitrogen functional groups attached to an aromatic ring is 1. The Morgan fingerprint density at radius 2 is 1.57 bits per heavy atom. The molecule has 1 amide bonds. The molecule has 8 heteroatoms. The Bertz CT molecular complexity index is 1360. The van der Waals surface area contributed by atoms with Gasteiger partial charge < -0.3 is 15.8 Å². The van der Waals surface area contributed by atoms with Gasteiger partial charge >= 0.3 is 11.8 Å². The van der Waals surface area contributed by atoms with Gasteiger partial charge in [0.25, 0.3) is 5.56 Å². The average molecular weight is 475 g/mol. The number of alkyl carbamates (subject to hydrolysis) is 1. The van der Waals surface area contributed by atoms with Gasteiger partial charge in [0.05, 0.1) is 5.56 Å². The summed E-state index contributed by atoms with van der Waals surface area (Å²) in [5.41, 5.74) is 10.4. The molecule has 1 fully saturated rings. The highest BCUT2D eigenvalue weighted by atomic mass is 16.5. The molecular weight excluding hydrogens is 444 g/mol. The predicted octanol–water partition coefficient (Wildman–Crippen LogP) is 3.23. The molecule has 0 radical (unpaired) electrons. The van der Waals surface area contributed by atoms with E-state index >= 15 is 0 Å². The molecule has 0 bridgehead atoms. The Hall–Kier alpha value is -3.81. The SMILES string of the molecule is Cn1c(N)c(C2CCCCC2NC(=O)OCC2c3ccccc3-c3ccccc32)c(=O)n(C)c1=O. The minimum absolute atomic E-state index is 0.0260. The number of hydrogen-bond donors (Lipinski definition) is 2. The van der Waals surface area contributed by atoms with Crippen LogP contribution in [-0.4, -0.2) is 27.9 Å². The largest absolute Gasteiger partial charge is 0.449 e. The van der Waals surface area contributed by atoms with Crippen LogP contribution in [-0.2, 0) is 18.8 Å². The van der Waals surface area contributed by atoms with E-state index in [0.717, 1.165) is 28.5 Å². The lowest BCUT2D eigenvalue weighted by Crippen LogP contribution is -2.47. The average Bonchev–Trinajstić information content (AvgIpc) is 3.20. The van der Waals surface area contributed by atoms with Crippen molar-refractivity contribution in [1.29, 1.82) is 0 Å². The van der Waals surface area contributed by atoms with Crippen molar-refractivity contribution in [2.24, 2.45) is 14.1 Å². The number of hydrogen-bond acceptors (Lipinski definition) is 5. The summed E-state index contributed by atoms with van der Waals surface area (Å²) in [4.78, 5) is 38.1. The van der Waals surface area contributed by atoms with Gasteiger partial charge in [0, 0.05) is 32.0 Å². The molecule has 1 aromatic heterocycles. The predicted molar refractivity (Wildman–Crippen MR) is 135 cm³/mol. The third kappa shape index (κ3) is 3.92. The molecular formula is C27H30N4O4. The van der Waals surface area contributed by atoms with Crippen LogP contribution in [0.1, 0.15) is 54.2 Å². The first-order chi connectivity index (χ1) is 16.9. The molecule has 182 valence electrons. The molecule has 2 aliphatic carbocycles. The van der Waals surface area contributed by atoms with Crippen LogP contribution in [0.15, 0.2) is 58.1 Å². The van der Waals surface area contributed by atoms with E-state index in [2.05, 4.69) is 29.6 Å². The molecule has 35 heavy (non-hydrogen) atoms. The summed E-state index contributed by atoms with van der Waals surface area (Å²) >= 11 is 0. The number of carbonyl (C=O) groups excluding carboxylic acids is 1. The Labute approximate surface area is 203 Å². The highest BCUT2D eigenvalue weighted by Gasteiger charge is 2.34. The molecule has 2 aromatic carbocycles. The Balaban J connectivity index is 1.34. The van der Waals surface area contributed by atoms with Gasteiger partial charge in [-0.15, -0.1) is 0 Å². The highest BCUT2D eigenvalue weighted by molar-refractivity contribution is 5.79. The zero-order chi connectivity index (χ0) is 24.7. The molecule has 3 aromatic rings. The van der Waals surface area contributed by atoms with Gasteiger partial charge in [0.15, 0.2) is 0 Å². The van der Waals surface area contributed by atoms with E-state index in [9.17, 15) is 14.4 Å². The second-order valence-electron chi connectivity index (χ2n) is 9.47. The van der Waals surface area contributed by atoms with Crippen molar-refractivity contribution in [2.45, 2.75) is 43.6 Å². The van der Waals surface area contributed by atoms with Crippen LogP contribution in [0.3, 0.4) is 0 Å². The molecule has 2 aliphatic rings. The monoisotopic (exact) mass is 474 g/mol. The first kappa shape index (κ1) is 23.0. The highest BCUT2D eigenvalue weighted by Crippen LogP contribution is 2.44. The van der Waals surface area contributed by atoms with Crippen LogP contribution < -0.4 is 22.3 Å². The van der Waals surface area contributed by atoms with Crippen LogP contribution in [0.4, 0.5) is 10.6 Å². The van der Waals surface area contributed by atoms with Gasteiger partial charge in [-0.2, -0.15) is 0 Å². The summed E-state index contributed by atoms with van der Waals surface area (Å²) in [6, 6.07) is 16.1. The molecule has 2 atom stereocenters. The number of carbonyl (C=O) groups is 1. The van der Waals surface area contributed by atoms with E-state index in [1.54, 1.807) is 7.05 Å². The summed E-state index contributed by atoms with van der Waals surface area (Å²) in [5.74, 6) is -0.152. The number of nitrogens with two attached hydrogens (primary N) is 1. The van der Waals surface area contributed by atoms with Crippen molar-refractivity contribution in [3.05, 3.63) is 86.1 Å². The van der Waals surface area contributed by atoms with Crippen LogP contribution >= 0.6 is 0 Å². The normalized spacial score (nSPS) is 19.1. The quantitative estimate of drug-likeness (QED) is 0.604. The lowest BCUT2D eigenvalue weighted by atomic mass is 9.80. The van der Waals surface area contributed by atoms with E-state index in [0.29, 0.717) is 18.4 Å². The van der Waals surface area contributed by atoms with Gasteiger partial charge in [-0.1, -0.05) is 61.4 Å². The smallest absolute Gasteiger partial charge is 0.407 e. The van der Waals surface area contributed by atoms with Crippen LogP contribution in [0.2, 0.25) is 0 Å². The molecule has 2 unspecified atom stereocenters. The standard InChI is InChI=1S/C27H30N4O4/c1-30-24(28)23(25(32)31(2)27(30)34)20-13-7-8-14-22(20)29-26(33)35-15-21-18-11-5-3-9-16(18)17-10-4-6-12-19(17)21/h3-6,9-12,20-22H,7-8,13-15,28H2,1-2H3,(H,29,33). The lowest BCUT2D eigenvalue weighted by Gasteiger charge is -2.32. The zero-order valence-corrected chi connectivity index (χ0v) is 20.0. The van der Waals surface area contributed by atoms with E-state index < -0.39 is 17.3 Å². The van der Waals surface area contributed by atoms with E-state index in [4.69, 9.17) is 10.5 Å². The van der Waals surface area contributed by atoms with E-state index in [-0.39, 0.29) is 30.3 Å². The number of anilines is 1. The van der Waals surface area contributed by atoms with Crippen molar-refractivity contribution in [2.75, 3.05) is 12.3 Å². The Morgan fingerprint density at radius 3 is 2.23 bits per heavy atom. The number of nitrogens with zero attached hydrogens (tertiary/aromatic N) is 2. The summed E-state index contributed by atoms with van der Waals surface area (Å²) in [5, 5.41) is 3.00. The molecule has 1 heterocycles. The first-order valence-corrected chi connectivity index (χ1v) is 12.1. The molecule has 0 aliphatic heterocycles. The van der Waals surface area contributed by atoms with Gasteiger partial charge in [-0.05, 0) is 35.1 Å². The van der Waals surface area contributed by atoms with Crippen molar-refractivity contribution in [1.82, 2.24) is 14.5 Å². The maximum absolute atomic E-state index is 13.0. The maximum Gasteiger partial charge on any atom is 0.407 e. The fourth-order valence-electron chi connectivity index (χ4n) is 5.67. The number of nitrogens with one attached hydrogen (secondary N) is 1. The van der Waals surface area contributed by atoms with Crippen molar-refractivity contribution in [3.8, 4) is 11.1 Å². The molecule has 0 spiro atoms. The van der Waals surface area contributed by atoms with Crippen LogP contribution in [0, 0.1) is 0 Å². The van der Waals surface area contributed by atoms with Gasteiger partial charge in [-0.3, -0.25) is 13.9 Å². The summed E-state index contributed by atoms with van der Waals surface area (Å²) in [6.07, 6.45) is 2.74. The van der Waals surface area contributed by atoms with Gasteiger partial charge in [0.2, 0.25) is 0 Å². The fraction of sp³-hybridized carbons (Fsp3) is 0.370. The van der Waals surface area contributed by atoms with E-state index in [1.807, 2.05) is 24.3 Å². The van der Waals surface area contributed by atoms with Crippen LogP contribution in [0.5, 0.6) is 0 Å². The minimum atomic E-state index is -0.510. The lowest BCUT2D eigenvalue weighted by molar-refractivity contribution is 0.134. The number of rotatable bonds is 4. The topological polar surface area (TPSA) is 108 Å². The number of ether oxygens (including phenoxy) is 1. The molecule has 0 saturated heterocycles. The summed E-state index contributed by atoms with van der Waals surface area (Å²) < 4.78 is 8.10. The van der Waals surface area contributed by atoms with Gasteiger partial charge in [0.1, 0.15) is 12.4 Å². The number of amides is 1. The second-order valence-corrected chi connectivity index (χ2v) is 9.47.